The molecule has 0 aromatic heterocycles. The lowest BCUT2D eigenvalue weighted by atomic mass is 9.96. The van der Waals surface area contributed by atoms with Crippen LogP contribution in [-0.4, -0.2) is 11.9 Å². The van der Waals surface area contributed by atoms with Crippen molar-refractivity contribution in [1.82, 2.24) is 5.32 Å². The second-order valence-electron chi connectivity index (χ2n) is 5.32. The monoisotopic (exact) mass is 327 g/mol. The number of halogens is 2. The van der Waals surface area contributed by atoms with Gasteiger partial charge in [0.15, 0.2) is 0 Å². The predicted molar refractivity (Wildman–Crippen MR) is 77.6 cm³/mol. The van der Waals surface area contributed by atoms with Crippen LogP contribution in [0.2, 0.25) is 0 Å². The Morgan fingerprint density at radius 1 is 1.32 bits per heavy atom. The SMILES string of the molecule is CC1CCCCCC1NC(=O)c1cc(Br)ccc1F. The van der Waals surface area contributed by atoms with E-state index in [2.05, 4.69) is 28.2 Å². The second-order valence-corrected chi connectivity index (χ2v) is 6.24. The molecule has 0 bridgehead atoms. The molecule has 0 radical (unpaired) electrons. The molecule has 1 N–H and O–H groups in total. The summed E-state index contributed by atoms with van der Waals surface area (Å²) in [7, 11) is 0. The van der Waals surface area contributed by atoms with Gasteiger partial charge in [0, 0.05) is 10.5 Å². The third-order valence-electron chi connectivity index (χ3n) is 3.85. The molecular formula is C15H19BrFNO. The van der Waals surface area contributed by atoms with Gasteiger partial charge in [-0.1, -0.05) is 42.1 Å². The molecule has 1 amide bonds. The number of hydrogen-bond acceptors (Lipinski definition) is 1. The average Bonchev–Trinajstić information content (AvgIpc) is 2.58. The molecule has 2 rings (SSSR count). The standard InChI is InChI=1S/C15H19BrFNO/c1-10-5-3-2-4-6-14(10)18-15(19)12-9-11(16)7-8-13(12)17/h7-10,14H,2-6H2,1H3,(H,18,19). The van der Waals surface area contributed by atoms with Crippen LogP contribution in [0.15, 0.2) is 22.7 Å². The van der Waals surface area contributed by atoms with Crippen molar-refractivity contribution in [2.45, 2.75) is 45.1 Å². The third-order valence-corrected chi connectivity index (χ3v) is 4.34. The van der Waals surface area contributed by atoms with Gasteiger partial charge >= 0.3 is 0 Å². The number of carbonyl (C=O) groups excluding carboxylic acids is 1. The lowest BCUT2D eigenvalue weighted by Crippen LogP contribution is -2.39. The Morgan fingerprint density at radius 2 is 2.05 bits per heavy atom. The van der Waals surface area contributed by atoms with Crippen molar-refractivity contribution in [2.75, 3.05) is 0 Å². The minimum Gasteiger partial charge on any atom is -0.349 e. The molecule has 2 atom stereocenters. The van der Waals surface area contributed by atoms with Crippen LogP contribution in [0, 0.1) is 11.7 Å². The van der Waals surface area contributed by atoms with Crippen LogP contribution in [-0.2, 0) is 0 Å². The van der Waals surface area contributed by atoms with E-state index < -0.39 is 5.82 Å². The van der Waals surface area contributed by atoms with Crippen LogP contribution < -0.4 is 5.32 Å². The third kappa shape index (κ3) is 3.78. The van der Waals surface area contributed by atoms with Gasteiger partial charge in [-0.2, -0.15) is 0 Å². The maximum atomic E-state index is 13.7. The van der Waals surface area contributed by atoms with Crippen LogP contribution in [0.25, 0.3) is 0 Å². The van der Waals surface area contributed by atoms with E-state index in [1.165, 1.54) is 25.0 Å². The molecular weight excluding hydrogens is 309 g/mol. The van der Waals surface area contributed by atoms with Gasteiger partial charge in [-0.05, 0) is 37.0 Å². The summed E-state index contributed by atoms with van der Waals surface area (Å²) >= 11 is 3.27. The zero-order valence-corrected chi connectivity index (χ0v) is 12.7. The van der Waals surface area contributed by atoms with Crippen LogP contribution in [0.4, 0.5) is 4.39 Å². The first-order chi connectivity index (χ1) is 9.08. The fourth-order valence-electron chi connectivity index (χ4n) is 2.63. The smallest absolute Gasteiger partial charge is 0.254 e. The van der Waals surface area contributed by atoms with E-state index in [9.17, 15) is 9.18 Å². The Hall–Kier alpha value is -0.900. The molecule has 2 unspecified atom stereocenters. The molecule has 1 aromatic rings. The Labute approximate surface area is 121 Å². The fraction of sp³-hybridized carbons (Fsp3) is 0.533. The van der Waals surface area contributed by atoms with E-state index in [0.717, 1.165) is 19.3 Å². The van der Waals surface area contributed by atoms with Gasteiger partial charge in [-0.3, -0.25) is 4.79 Å². The van der Waals surface area contributed by atoms with Crippen molar-refractivity contribution in [2.24, 2.45) is 5.92 Å². The largest absolute Gasteiger partial charge is 0.349 e. The van der Waals surface area contributed by atoms with E-state index >= 15 is 0 Å². The fourth-order valence-corrected chi connectivity index (χ4v) is 2.99. The van der Waals surface area contributed by atoms with Crippen molar-refractivity contribution < 1.29 is 9.18 Å². The number of nitrogens with one attached hydrogen (secondary N) is 1. The summed E-state index contributed by atoms with van der Waals surface area (Å²) < 4.78 is 14.4. The molecule has 1 aromatic carbocycles. The van der Waals surface area contributed by atoms with Crippen molar-refractivity contribution in [3.63, 3.8) is 0 Å². The van der Waals surface area contributed by atoms with Crippen LogP contribution >= 0.6 is 15.9 Å². The molecule has 104 valence electrons. The van der Waals surface area contributed by atoms with Gasteiger partial charge in [-0.25, -0.2) is 4.39 Å². The summed E-state index contributed by atoms with van der Waals surface area (Å²) in [4.78, 5) is 12.2. The van der Waals surface area contributed by atoms with E-state index in [1.54, 1.807) is 6.07 Å². The molecule has 1 fully saturated rings. The molecule has 19 heavy (non-hydrogen) atoms. The van der Waals surface area contributed by atoms with Crippen LogP contribution in [0.3, 0.4) is 0 Å². The maximum Gasteiger partial charge on any atom is 0.254 e. The average molecular weight is 328 g/mol. The highest BCUT2D eigenvalue weighted by atomic mass is 79.9. The van der Waals surface area contributed by atoms with E-state index in [4.69, 9.17) is 0 Å². The number of carbonyl (C=O) groups is 1. The Morgan fingerprint density at radius 3 is 2.84 bits per heavy atom. The molecule has 1 saturated carbocycles. The highest BCUT2D eigenvalue weighted by Gasteiger charge is 2.23. The first-order valence-electron chi connectivity index (χ1n) is 6.84. The summed E-state index contributed by atoms with van der Waals surface area (Å²) in [6.45, 7) is 2.16. The quantitative estimate of drug-likeness (QED) is 0.807. The number of amides is 1. The minimum absolute atomic E-state index is 0.117. The molecule has 4 heteroatoms. The first-order valence-corrected chi connectivity index (χ1v) is 7.63. The van der Waals surface area contributed by atoms with Gasteiger partial charge in [-0.15, -0.1) is 0 Å². The van der Waals surface area contributed by atoms with Crippen LogP contribution in [0.1, 0.15) is 49.4 Å². The van der Waals surface area contributed by atoms with Crippen molar-refractivity contribution in [1.29, 1.82) is 0 Å². The van der Waals surface area contributed by atoms with Gasteiger partial charge in [0.1, 0.15) is 5.82 Å². The first kappa shape index (κ1) is 14.5. The number of benzene rings is 1. The summed E-state index contributed by atoms with van der Waals surface area (Å²) in [5.74, 6) is -0.318. The Balaban J connectivity index is 2.09. The summed E-state index contributed by atoms with van der Waals surface area (Å²) in [5, 5.41) is 2.99. The molecule has 0 saturated heterocycles. The zero-order valence-electron chi connectivity index (χ0n) is 11.1. The van der Waals surface area contributed by atoms with Crippen molar-refractivity contribution in [3.05, 3.63) is 34.1 Å². The van der Waals surface area contributed by atoms with Gasteiger partial charge < -0.3 is 5.32 Å². The summed E-state index contributed by atoms with van der Waals surface area (Å²) in [6, 6.07) is 4.61. The van der Waals surface area contributed by atoms with E-state index in [1.807, 2.05) is 0 Å². The Kier molecular flexibility index (Phi) is 4.97. The minimum atomic E-state index is -0.470. The van der Waals surface area contributed by atoms with Crippen molar-refractivity contribution in [3.8, 4) is 0 Å². The molecule has 1 aliphatic carbocycles. The molecule has 1 aliphatic rings. The van der Waals surface area contributed by atoms with Crippen LogP contribution in [0.5, 0.6) is 0 Å². The van der Waals surface area contributed by atoms with E-state index in [0.29, 0.717) is 10.4 Å². The predicted octanol–water partition coefficient (Wildman–Crippen LogP) is 4.29. The van der Waals surface area contributed by atoms with Crippen molar-refractivity contribution >= 4 is 21.8 Å². The molecule has 2 nitrogen and oxygen atoms in total. The zero-order chi connectivity index (χ0) is 13.8. The maximum absolute atomic E-state index is 13.7. The highest BCUT2D eigenvalue weighted by molar-refractivity contribution is 9.10. The molecule has 0 heterocycles. The summed E-state index contributed by atoms with van der Waals surface area (Å²) in [5.41, 5.74) is 0.117. The number of hydrogen-bond donors (Lipinski definition) is 1. The van der Waals surface area contributed by atoms with E-state index in [-0.39, 0.29) is 17.5 Å². The number of rotatable bonds is 2. The lowest BCUT2D eigenvalue weighted by molar-refractivity contribution is 0.0917. The van der Waals surface area contributed by atoms with Gasteiger partial charge in [0.25, 0.3) is 5.91 Å². The topological polar surface area (TPSA) is 29.1 Å². The molecule has 0 spiro atoms. The van der Waals surface area contributed by atoms with Gasteiger partial charge in [0.2, 0.25) is 0 Å². The highest BCUT2D eigenvalue weighted by Crippen LogP contribution is 2.24. The Bertz CT molecular complexity index is 463. The van der Waals surface area contributed by atoms with Gasteiger partial charge in [0.05, 0.1) is 5.56 Å². The second kappa shape index (κ2) is 6.51. The molecule has 0 aliphatic heterocycles. The summed E-state index contributed by atoms with van der Waals surface area (Å²) in [6.07, 6.45) is 5.70. The lowest BCUT2D eigenvalue weighted by Gasteiger charge is -2.23. The normalized spacial score (nSPS) is 23.7.